The Morgan fingerprint density at radius 1 is 1.57 bits per heavy atom. The van der Waals surface area contributed by atoms with E-state index in [0.29, 0.717) is 19.0 Å². The van der Waals surface area contributed by atoms with Crippen LogP contribution in [0.5, 0.6) is 0 Å². The monoisotopic (exact) mass is 240 g/mol. The summed E-state index contributed by atoms with van der Waals surface area (Å²) in [6, 6.07) is 0. The highest BCUT2D eigenvalue weighted by Crippen LogP contribution is 2.48. The van der Waals surface area contributed by atoms with Gasteiger partial charge in [-0.2, -0.15) is 0 Å². The standard InChI is InChI=1S/C8H18ClN2O2P/c1-2-6-11(7-4-9)14(12)10-5-3-8-13-14/h2-8H2,1H3,(H,10,12). The molecule has 1 aliphatic rings. The lowest BCUT2D eigenvalue weighted by Crippen LogP contribution is -2.35. The first-order chi connectivity index (χ1) is 6.73. The van der Waals surface area contributed by atoms with Crippen LogP contribution in [-0.2, 0) is 9.09 Å². The van der Waals surface area contributed by atoms with Gasteiger partial charge in [0.25, 0.3) is 0 Å². The average Bonchev–Trinajstić information content (AvgIpc) is 2.19. The van der Waals surface area contributed by atoms with Gasteiger partial charge < -0.3 is 4.52 Å². The number of halogens is 1. The summed E-state index contributed by atoms with van der Waals surface area (Å²) in [7, 11) is -2.76. The highest BCUT2D eigenvalue weighted by atomic mass is 35.5. The third-order valence-corrected chi connectivity index (χ3v) is 4.57. The molecule has 0 radical (unpaired) electrons. The molecule has 0 amide bonds. The first-order valence-corrected chi connectivity index (χ1v) is 7.15. The topological polar surface area (TPSA) is 41.6 Å². The van der Waals surface area contributed by atoms with Crippen LogP contribution in [0.25, 0.3) is 0 Å². The molecule has 0 saturated carbocycles. The van der Waals surface area contributed by atoms with Crippen molar-refractivity contribution < 1.29 is 9.09 Å². The van der Waals surface area contributed by atoms with Crippen LogP contribution in [0, 0.1) is 0 Å². The lowest BCUT2D eigenvalue weighted by atomic mass is 10.5. The van der Waals surface area contributed by atoms with E-state index in [0.717, 1.165) is 25.9 Å². The van der Waals surface area contributed by atoms with Crippen molar-refractivity contribution in [2.45, 2.75) is 19.8 Å². The zero-order chi connectivity index (χ0) is 10.4. The molecule has 6 heteroatoms. The van der Waals surface area contributed by atoms with Crippen molar-refractivity contribution in [3.63, 3.8) is 0 Å². The van der Waals surface area contributed by atoms with Crippen LogP contribution in [0.15, 0.2) is 0 Å². The Balaban J connectivity index is 2.58. The van der Waals surface area contributed by atoms with Crippen LogP contribution in [0.3, 0.4) is 0 Å². The van der Waals surface area contributed by atoms with Crippen LogP contribution in [0.2, 0.25) is 0 Å². The highest BCUT2D eigenvalue weighted by Gasteiger charge is 2.32. The molecule has 1 unspecified atom stereocenters. The Hall–Kier alpha value is 0.400. The van der Waals surface area contributed by atoms with Crippen LogP contribution in [-0.4, -0.2) is 36.8 Å². The van der Waals surface area contributed by atoms with Gasteiger partial charge >= 0.3 is 7.67 Å². The molecule has 14 heavy (non-hydrogen) atoms. The summed E-state index contributed by atoms with van der Waals surface area (Å²) in [5, 5.41) is 2.97. The van der Waals surface area contributed by atoms with Crippen molar-refractivity contribution in [3.8, 4) is 0 Å². The lowest BCUT2D eigenvalue weighted by Gasteiger charge is -2.33. The Morgan fingerprint density at radius 3 is 2.86 bits per heavy atom. The Morgan fingerprint density at radius 2 is 2.36 bits per heavy atom. The Kier molecular flexibility index (Phi) is 5.42. The van der Waals surface area contributed by atoms with Gasteiger partial charge in [0.05, 0.1) is 6.61 Å². The smallest absolute Gasteiger partial charge is 0.306 e. The Bertz CT molecular complexity index is 200. The molecule has 0 bridgehead atoms. The first kappa shape index (κ1) is 12.5. The largest absolute Gasteiger partial charge is 0.343 e. The van der Waals surface area contributed by atoms with Gasteiger partial charge in [-0.25, -0.2) is 9.76 Å². The van der Waals surface area contributed by atoms with Gasteiger partial charge in [0.2, 0.25) is 0 Å². The van der Waals surface area contributed by atoms with E-state index in [1.807, 2.05) is 4.67 Å². The van der Waals surface area contributed by atoms with Crippen LogP contribution >= 0.6 is 19.3 Å². The van der Waals surface area contributed by atoms with Gasteiger partial charge in [0.15, 0.2) is 0 Å². The quantitative estimate of drug-likeness (QED) is 0.590. The molecule has 1 N–H and O–H groups in total. The van der Waals surface area contributed by atoms with Gasteiger partial charge in [-0.15, -0.1) is 11.6 Å². The summed E-state index contributed by atoms with van der Waals surface area (Å²) >= 11 is 5.67. The normalized spacial score (nSPS) is 28.2. The zero-order valence-corrected chi connectivity index (χ0v) is 10.2. The minimum atomic E-state index is -2.76. The number of nitrogens with one attached hydrogen (secondary N) is 1. The molecule has 84 valence electrons. The minimum absolute atomic E-state index is 0.481. The molecule has 0 aromatic carbocycles. The maximum absolute atomic E-state index is 12.2. The molecule has 0 spiro atoms. The zero-order valence-electron chi connectivity index (χ0n) is 8.54. The van der Waals surface area contributed by atoms with Crippen molar-refractivity contribution >= 4 is 19.3 Å². The van der Waals surface area contributed by atoms with Crippen LogP contribution < -0.4 is 5.09 Å². The van der Waals surface area contributed by atoms with E-state index in [9.17, 15) is 4.57 Å². The third-order valence-electron chi connectivity index (χ3n) is 2.10. The van der Waals surface area contributed by atoms with Crippen molar-refractivity contribution in [1.82, 2.24) is 9.76 Å². The number of rotatable bonds is 5. The molecule has 0 aliphatic carbocycles. The van der Waals surface area contributed by atoms with Crippen molar-refractivity contribution in [2.75, 3.05) is 32.1 Å². The second-order valence-corrected chi connectivity index (χ2v) is 5.82. The molecule has 1 rings (SSSR count). The first-order valence-electron chi connectivity index (χ1n) is 5.04. The van der Waals surface area contributed by atoms with Gasteiger partial charge in [0.1, 0.15) is 0 Å². The van der Waals surface area contributed by atoms with Gasteiger partial charge in [0, 0.05) is 25.5 Å². The van der Waals surface area contributed by atoms with Crippen LogP contribution in [0.1, 0.15) is 19.8 Å². The van der Waals surface area contributed by atoms with E-state index >= 15 is 0 Å². The Labute approximate surface area is 90.5 Å². The predicted octanol–water partition coefficient (Wildman–Crippen LogP) is 2.06. The van der Waals surface area contributed by atoms with Crippen molar-refractivity contribution in [2.24, 2.45) is 0 Å². The summed E-state index contributed by atoms with van der Waals surface area (Å²) in [6.07, 6.45) is 1.87. The number of hydrogen-bond donors (Lipinski definition) is 1. The summed E-state index contributed by atoms with van der Waals surface area (Å²) in [6.45, 7) is 4.76. The van der Waals surface area contributed by atoms with E-state index < -0.39 is 7.67 Å². The van der Waals surface area contributed by atoms with E-state index in [1.54, 1.807) is 0 Å². The van der Waals surface area contributed by atoms with Gasteiger partial charge in [-0.05, 0) is 12.8 Å². The maximum atomic E-state index is 12.2. The third kappa shape index (κ3) is 3.21. The molecule has 1 atom stereocenters. The number of nitrogens with zero attached hydrogens (tertiary/aromatic N) is 1. The lowest BCUT2D eigenvalue weighted by molar-refractivity contribution is 0.230. The minimum Gasteiger partial charge on any atom is -0.306 e. The van der Waals surface area contributed by atoms with E-state index in [-0.39, 0.29) is 0 Å². The second kappa shape index (κ2) is 6.09. The maximum Gasteiger partial charge on any atom is 0.343 e. The molecule has 1 saturated heterocycles. The molecule has 0 aromatic rings. The number of hydrogen-bond acceptors (Lipinski definition) is 2. The predicted molar refractivity (Wildman–Crippen MR) is 58.8 cm³/mol. The summed E-state index contributed by atoms with van der Waals surface area (Å²) in [5.74, 6) is 0.481. The summed E-state index contributed by atoms with van der Waals surface area (Å²) < 4.78 is 19.4. The molecule has 4 nitrogen and oxygen atoms in total. The SMILES string of the molecule is CCCN(CCCl)P1(=O)NCCCO1. The second-order valence-electron chi connectivity index (χ2n) is 3.26. The molecular weight excluding hydrogens is 223 g/mol. The molecule has 0 aromatic heterocycles. The van der Waals surface area contributed by atoms with Gasteiger partial charge in [-0.1, -0.05) is 6.92 Å². The highest BCUT2D eigenvalue weighted by molar-refractivity contribution is 7.54. The fourth-order valence-corrected chi connectivity index (χ4v) is 3.86. The fraction of sp³-hybridized carbons (Fsp3) is 1.00. The average molecular weight is 241 g/mol. The summed E-state index contributed by atoms with van der Waals surface area (Å²) in [4.78, 5) is 0. The number of alkyl halides is 1. The molecule has 1 fully saturated rings. The molecule has 1 heterocycles. The van der Waals surface area contributed by atoms with Crippen molar-refractivity contribution in [1.29, 1.82) is 0 Å². The summed E-state index contributed by atoms with van der Waals surface area (Å²) in [5.41, 5.74) is 0. The van der Waals surface area contributed by atoms with Crippen LogP contribution in [0.4, 0.5) is 0 Å². The molecular formula is C8H18ClN2O2P. The van der Waals surface area contributed by atoms with Crippen molar-refractivity contribution in [3.05, 3.63) is 0 Å². The van der Waals surface area contributed by atoms with E-state index in [2.05, 4.69) is 12.0 Å². The van der Waals surface area contributed by atoms with Gasteiger partial charge in [-0.3, -0.25) is 4.57 Å². The molecule has 1 aliphatic heterocycles. The van der Waals surface area contributed by atoms with E-state index in [4.69, 9.17) is 16.1 Å². The fourth-order valence-electron chi connectivity index (χ4n) is 1.44. The van der Waals surface area contributed by atoms with E-state index in [1.165, 1.54) is 0 Å².